The topological polar surface area (TPSA) is 55.2 Å². The SMILES string of the molecule is CCn1c(SCC(=O)N2c3ccccc3CCc3ccccc32)nc2ccsc2c1=O. The number of nitrogens with zero attached hydrogens (tertiary/aromatic N) is 3. The van der Waals surface area contributed by atoms with E-state index in [1.807, 2.05) is 59.7 Å². The van der Waals surface area contributed by atoms with Gasteiger partial charge in [-0.2, -0.15) is 0 Å². The molecule has 0 saturated heterocycles. The number of carbonyl (C=O) groups is 1. The highest BCUT2D eigenvalue weighted by atomic mass is 32.2. The van der Waals surface area contributed by atoms with Gasteiger partial charge >= 0.3 is 0 Å². The zero-order valence-electron chi connectivity index (χ0n) is 17.1. The number of hydrogen-bond acceptors (Lipinski definition) is 5. The van der Waals surface area contributed by atoms with Crippen LogP contribution in [-0.2, 0) is 24.2 Å². The summed E-state index contributed by atoms with van der Waals surface area (Å²) in [6, 6.07) is 18.1. The van der Waals surface area contributed by atoms with Crippen molar-refractivity contribution >= 4 is 50.6 Å². The van der Waals surface area contributed by atoms with Crippen molar-refractivity contribution in [2.45, 2.75) is 31.5 Å². The number of amides is 1. The Hall–Kier alpha value is -2.90. The van der Waals surface area contributed by atoms with Gasteiger partial charge in [0, 0.05) is 6.54 Å². The minimum atomic E-state index is -0.0390. The van der Waals surface area contributed by atoms with Gasteiger partial charge in [0.1, 0.15) is 4.70 Å². The van der Waals surface area contributed by atoms with Crippen LogP contribution in [0.25, 0.3) is 10.2 Å². The summed E-state index contributed by atoms with van der Waals surface area (Å²) in [5.74, 6) is 0.180. The molecule has 5 nitrogen and oxygen atoms in total. The molecule has 0 N–H and O–H groups in total. The van der Waals surface area contributed by atoms with E-state index < -0.39 is 0 Å². The lowest BCUT2D eigenvalue weighted by Crippen LogP contribution is -2.29. The van der Waals surface area contributed by atoms with Crippen LogP contribution >= 0.6 is 23.1 Å². The number of hydrogen-bond donors (Lipinski definition) is 0. The summed E-state index contributed by atoms with van der Waals surface area (Å²) in [6.45, 7) is 2.45. The molecule has 3 heterocycles. The van der Waals surface area contributed by atoms with Crippen molar-refractivity contribution in [3.63, 3.8) is 0 Å². The Labute approximate surface area is 188 Å². The zero-order chi connectivity index (χ0) is 21.4. The number of aryl methyl sites for hydroxylation is 2. The van der Waals surface area contributed by atoms with E-state index in [1.54, 1.807) is 4.57 Å². The summed E-state index contributed by atoms with van der Waals surface area (Å²) in [6.07, 6.45) is 1.80. The third-order valence-electron chi connectivity index (χ3n) is 5.55. The van der Waals surface area contributed by atoms with E-state index in [9.17, 15) is 9.59 Å². The van der Waals surface area contributed by atoms with E-state index in [1.165, 1.54) is 34.2 Å². The fourth-order valence-corrected chi connectivity index (χ4v) is 5.74. The van der Waals surface area contributed by atoms with Crippen LogP contribution in [-0.4, -0.2) is 21.2 Å². The Balaban J connectivity index is 1.50. The minimum absolute atomic E-state index is 0.0193. The van der Waals surface area contributed by atoms with Crippen molar-refractivity contribution in [1.29, 1.82) is 0 Å². The molecule has 0 aliphatic carbocycles. The van der Waals surface area contributed by atoms with Gasteiger partial charge in [-0.25, -0.2) is 4.98 Å². The summed E-state index contributed by atoms with van der Waals surface area (Å²) >= 11 is 2.73. The number of thiophene rings is 1. The second-order valence-corrected chi connectivity index (χ2v) is 9.21. The number of carbonyl (C=O) groups excluding carboxylic acids is 1. The van der Waals surface area contributed by atoms with E-state index >= 15 is 0 Å². The average Bonchev–Trinajstić information content (AvgIpc) is 3.20. The van der Waals surface area contributed by atoms with E-state index in [-0.39, 0.29) is 17.2 Å². The maximum absolute atomic E-state index is 13.5. The monoisotopic (exact) mass is 447 g/mol. The number of benzene rings is 2. The molecule has 0 fully saturated rings. The second kappa shape index (κ2) is 8.32. The molecule has 1 amide bonds. The Bertz CT molecular complexity index is 1290. The fraction of sp³-hybridized carbons (Fsp3) is 0.208. The number of anilines is 2. The number of fused-ring (bicyclic) bond motifs is 3. The zero-order valence-corrected chi connectivity index (χ0v) is 18.7. The predicted molar refractivity (Wildman–Crippen MR) is 128 cm³/mol. The molecule has 4 aromatic rings. The fourth-order valence-electron chi connectivity index (χ4n) is 4.05. The molecule has 0 spiro atoms. The van der Waals surface area contributed by atoms with Crippen LogP contribution in [0.15, 0.2) is 69.9 Å². The van der Waals surface area contributed by atoms with Gasteiger partial charge in [0.25, 0.3) is 5.56 Å². The molecular formula is C24H21N3O2S2. The molecule has 156 valence electrons. The van der Waals surface area contributed by atoms with Crippen LogP contribution in [0, 0.1) is 0 Å². The number of thioether (sulfide) groups is 1. The first kappa shape index (κ1) is 20.0. The molecule has 2 aromatic carbocycles. The van der Waals surface area contributed by atoms with Crippen LogP contribution < -0.4 is 10.5 Å². The van der Waals surface area contributed by atoms with Crippen LogP contribution in [0.5, 0.6) is 0 Å². The van der Waals surface area contributed by atoms with Crippen molar-refractivity contribution in [1.82, 2.24) is 9.55 Å². The minimum Gasteiger partial charge on any atom is -0.287 e. The third kappa shape index (κ3) is 3.58. The van der Waals surface area contributed by atoms with E-state index in [2.05, 4.69) is 17.1 Å². The number of para-hydroxylation sites is 2. The Morgan fingerprint density at radius 2 is 1.68 bits per heavy atom. The van der Waals surface area contributed by atoms with Crippen molar-refractivity contribution in [2.24, 2.45) is 0 Å². The quantitative estimate of drug-likeness (QED) is 0.325. The van der Waals surface area contributed by atoms with Gasteiger partial charge in [-0.05, 0) is 54.5 Å². The van der Waals surface area contributed by atoms with Gasteiger partial charge in [-0.1, -0.05) is 48.2 Å². The Morgan fingerprint density at radius 1 is 1.03 bits per heavy atom. The lowest BCUT2D eigenvalue weighted by Gasteiger charge is -2.25. The van der Waals surface area contributed by atoms with Crippen LogP contribution in [0.4, 0.5) is 11.4 Å². The Morgan fingerprint density at radius 3 is 2.32 bits per heavy atom. The molecule has 5 rings (SSSR count). The molecule has 1 aliphatic rings. The highest BCUT2D eigenvalue weighted by molar-refractivity contribution is 7.99. The molecule has 0 atom stereocenters. The molecule has 7 heteroatoms. The van der Waals surface area contributed by atoms with Gasteiger partial charge in [-0.15, -0.1) is 11.3 Å². The van der Waals surface area contributed by atoms with E-state index in [4.69, 9.17) is 0 Å². The highest BCUT2D eigenvalue weighted by Gasteiger charge is 2.26. The maximum Gasteiger partial charge on any atom is 0.272 e. The van der Waals surface area contributed by atoms with Crippen molar-refractivity contribution in [2.75, 3.05) is 10.7 Å². The van der Waals surface area contributed by atoms with Gasteiger partial charge in [0.2, 0.25) is 5.91 Å². The molecule has 2 aromatic heterocycles. The first-order valence-electron chi connectivity index (χ1n) is 10.3. The first-order valence-corrected chi connectivity index (χ1v) is 12.1. The molecule has 0 bridgehead atoms. The van der Waals surface area contributed by atoms with Gasteiger partial charge < -0.3 is 0 Å². The third-order valence-corrected chi connectivity index (χ3v) is 7.40. The lowest BCUT2D eigenvalue weighted by atomic mass is 10.0. The number of rotatable bonds is 4. The second-order valence-electron chi connectivity index (χ2n) is 7.35. The van der Waals surface area contributed by atoms with Crippen LogP contribution in [0.1, 0.15) is 18.1 Å². The summed E-state index contributed by atoms with van der Waals surface area (Å²) in [4.78, 5) is 32.8. The van der Waals surface area contributed by atoms with Gasteiger partial charge in [0.05, 0.1) is 22.6 Å². The normalized spacial score (nSPS) is 13.0. The number of aromatic nitrogens is 2. The van der Waals surface area contributed by atoms with Crippen LogP contribution in [0.3, 0.4) is 0 Å². The molecule has 0 unspecified atom stereocenters. The highest BCUT2D eigenvalue weighted by Crippen LogP contribution is 2.36. The molecule has 1 aliphatic heterocycles. The van der Waals surface area contributed by atoms with Crippen molar-refractivity contribution < 1.29 is 4.79 Å². The average molecular weight is 448 g/mol. The molecular weight excluding hydrogens is 426 g/mol. The molecule has 0 radical (unpaired) electrons. The standard InChI is InChI=1S/C24H21N3O2S2/c1-2-26-23(29)22-18(13-14-30-22)25-24(26)31-15-21(28)27-19-9-5-3-7-16(19)11-12-17-8-4-6-10-20(17)27/h3-10,13-14H,2,11-12,15H2,1H3. The summed E-state index contributed by atoms with van der Waals surface area (Å²) in [5, 5.41) is 2.46. The summed E-state index contributed by atoms with van der Waals surface area (Å²) in [7, 11) is 0. The van der Waals surface area contributed by atoms with Gasteiger partial charge in [-0.3, -0.25) is 19.1 Å². The van der Waals surface area contributed by atoms with E-state index in [0.717, 1.165) is 24.2 Å². The largest absolute Gasteiger partial charge is 0.287 e. The van der Waals surface area contributed by atoms with Crippen molar-refractivity contribution in [3.8, 4) is 0 Å². The maximum atomic E-state index is 13.5. The van der Waals surface area contributed by atoms with E-state index in [0.29, 0.717) is 21.9 Å². The Kier molecular flexibility index (Phi) is 5.38. The summed E-state index contributed by atoms with van der Waals surface area (Å²) < 4.78 is 2.31. The van der Waals surface area contributed by atoms with Crippen LogP contribution in [0.2, 0.25) is 0 Å². The van der Waals surface area contributed by atoms with Gasteiger partial charge in [0.15, 0.2) is 5.16 Å². The molecule has 0 saturated carbocycles. The summed E-state index contributed by atoms with van der Waals surface area (Å²) in [5.41, 5.74) is 4.86. The first-order chi connectivity index (χ1) is 15.2. The molecule has 31 heavy (non-hydrogen) atoms. The lowest BCUT2D eigenvalue weighted by molar-refractivity contribution is -0.115. The smallest absolute Gasteiger partial charge is 0.272 e. The predicted octanol–water partition coefficient (Wildman–Crippen LogP) is 5.03. The van der Waals surface area contributed by atoms with Crippen molar-refractivity contribution in [3.05, 3.63) is 81.5 Å².